The fourth-order valence-corrected chi connectivity index (χ4v) is 10.6. The van der Waals surface area contributed by atoms with Crippen molar-refractivity contribution in [1.29, 1.82) is 0 Å². The third-order valence-electron chi connectivity index (χ3n) is 12.9. The number of carbonyl (C=O) groups is 1. The van der Waals surface area contributed by atoms with Crippen LogP contribution in [0, 0.1) is 39.9 Å². The molecule has 0 spiro atoms. The molecule has 0 aromatic carbocycles. The van der Waals surface area contributed by atoms with Crippen LogP contribution in [-0.4, -0.2) is 65.1 Å². The van der Waals surface area contributed by atoms with E-state index in [0.29, 0.717) is 23.7 Å². The minimum atomic E-state index is -2.09. The minimum Gasteiger partial charge on any atom is -0.446 e. The lowest BCUT2D eigenvalue weighted by molar-refractivity contribution is -0.252. The van der Waals surface area contributed by atoms with Gasteiger partial charge in [-0.3, -0.25) is 0 Å². The van der Waals surface area contributed by atoms with E-state index in [2.05, 4.69) is 80.6 Å². The fourth-order valence-electron chi connectivity index (χ4n) is 9.15. The van der Waals surface area contributed by atoms with E-state index in [1.807, 2.05) is 0 Å². The second-order valence-corrected chi connectivity index (χ2v) is 22.5. The number of nitrogens with zero attached hydrogens (tertiary/aromatic N) is 1. The van der Waals surface area contributed by atoms with Gasteiger partial charge in [0.05, 0.1) is 19.3 Å². The summed E-state index contributed by atoms with van der Waals surface area (Å²) < 4.78 is 26.1. The van der Waals surface area contributed by atoms with Gasteiger partial charge >= 0.3 is 6.09 Å². The first-order valence-corrected chi connectivity index (χ1v) is 19.9. The van der Waals surface area contributed by atoms with E-state index in [0.717, 1.165) is 26.1 Å². The van der Waals surface area contributed by atoms with Crippen molar-refractivity contribution in [2.75, 3.05) is 27.3 Å². The molecule has 244 valence electrons. The maximum Gasteiger partial charge on any atom is 0.409 e. The van der Waals surface area contributed by atoms with E-state index in [1.54, 1.807) is 19.7 Å². The minimum absolute atomic E-state index is 0.0231. The Morgan fingerprint density at radius 1 is 1.02 bits per heavy atom. The third-order valence-corrected chi connectivity index (χ3v) is 17.4. The summed E-state index contributed by atoms with van der Waals surface area (Å²) in [5, 5.41) is 0.103. The molecule has 7 heteroatoms. The van der Waals surface area contributed by atoms with Crippen LogP contribution in [0.15, 0.2) is 23.3 Å². The molecule has 1 saturated heterocycles. The maximum absolute atomic E-state index is 12.6. The van der Waals surface area contributed by atoms with Gasteiger partial charge in [0.15, 0.2) is 14.6 Å². The Hall–Kier alpha value is -1.15. The van der Waals surface area contributed by atoms with Crippen molar-refractivity contribution in [2.24, 2.45) is 39.9 Å². The summed E-state index contributed by atoms with van der Waals surface area (Å²) in [7, 11) is 1.43. The number of allylic oxidation sites excluding steroid dienone is 3. The molecule has 0 radical (unpaired) electrons. The smallest absolute Gasteiger partial charge is 0.409 e. The molecule has 0 bridgehead atoms. The van der Waals surface area contributed by atoms with Crippen LogP contribution in [0.5, 0.6) is 0 Å². The number of hydrogen-bond donors (Lipinski definition) is 0. The summed E-state index contributed by atoms with van der Waals surface area (Å²) >= 11 is 0. The molecule has 5 aliphatic rings. The standard InChI is InChI=1S/C36H61NO5Si/c1-23(31-39-21-34(5,6)22-40-31)27-15-16-28-26-14-13-24-19-25(41-32(38)37(9)10)20-30(42-43(11,12)33(2,3)4)36(24,8)29(26)17-18-35(27,28)7/h13-14,23,25,27-31H,15-22H2,1-12H3/t23?,25?,27-,28+,29+,30?,35-,36+/m1/s1. The zero-order chi connectivity index (χ0) is 31.8. The van der Waals surface area contributed by atoms with E-state index >= 15 is 0 Å². The third kappa shape index (κ3) is 5.83. The molecule has 8 atom stereocenters. The van der Waals surface area contributed by atoms with Gasteiger partial charge in [-0.1, -0.05) is 78.7 Å². The monoisotopic (exact) mass is 615 g/mol. The van der Waals surface area contributed by atoms with Crippen molar-refractivity contribution >= 4 is 14.4 Å². The number of carbonyl (C=O) groups excluding carboxylic acids is 1. The predicted octanol–water partition coefficient (Wildman–Crippen LogP) is 8.59. The Kier molecular flexibility index (Phi) is 8.71. The highest BCUT2D eigenvalue weighted by molar-refractivity contribution is 6.74. The van der Waals surface area contributed by atoms with Gasteiger partial charge in [0.1, 0.15) is 6.10 Å². The van der Waals surface area contributed by atoms with E-state index in [1.165, 1.54) is 36.2 Å². The molecule has 5 rings (SSSR count). The lowest BCUT2D eigenvalue weighted by Gasteiger charge is -2.59. The van der Waals surface area contributed by atoms with Crippen LogP contribution in [0.4, 0.5) is 4.79 Å². The van der Waals surface area contributed by atoms with E-state index in [9.17, 15) is 4.79 Å². The number of hydrogen-bond acceptors (Lipinski definition) is 5. The maximum atomic E-state index is 12.6. The first-order valence-electron chi connectivity index (χ1n) is 17.0. The molecule has 1 heterocycles. The second-order valence-electron chi connectivity index (χ2n) is 17.7. The Labute approximate surface area is 263 Å². The van der Waals surface area contributed by atoms with Gasteiger partial charge in [-0.2, -0.15) is 0 Å². The van der Waals surface area contributed by atoms with Crippen LogP contribution in [0.25, 0.3) is 0 Å². The molecule has 0 N–H and O–H groups in total. The molecule has 1 aliphatic heterocycles. The number of fused-ring (bicyclic) bond motifs is 5. The lowest BCUT2D eigenvalue weighted by Crippen LogP contribution is -2.57. The molecule has 0 aromatic rings. The molecule has 4 aliphatic carbocycles. The molecule has 3 saturated carbocycles. The van der Waals surface area contributed by atoms with Gasteiger partial charge < -0.3 is 23.5 Å². The van der Waals surface area contributed by atoms with E-state index < -0.39 is 8.32 Å². The molecule has 4 fully saturated rings. The highest BCUT2D eigenvalue weighted by Gasteiger charge is 2.61. The average molecular weight is 616 g/mol. The number of rotatable bonds is 5. The van der Waals surface area contributed by atoms with E-state index in [4.69, 9.17) is 18.6 Å². The van der Waals surface area contributed by atoms with Gasteiger partial charge in [0.2, 0.25) is 0 Å². The van der Waals surface area contributed by atoms with Crippen LogP contribution < -0.4 is 0 Å². The van der Waals surface area contributed by atoms with Crippen molar-refractivity contribution in [3.05, 3.63) is 23.3 Å². The van der Waals surface area contributed by atoms with Crippen molar-refractivity contribution < 1.29 is 23.4 Å². The summed E-state index contributed by atoms with van der Waals surface area (Å²) in [4.78, 5) is 14.2. The average Bonchev–Trinajstić information content (AvgIpc) is 3.25. The molecule has 6 nitrogen and oxygen atoms in total. The van der Waals surface area contributed by atoms with Crippen LogP contribution >= 0.6 is 0 Å². The summed E-state index contributed by atoms with van der Waals surface area (Å²) in [5.74, 6) is 2.00. The van der Waals surface area contributed by atoms with Gasteiger partial charge in [0.25, 0.3) is 0 Å². The van der Waals surface area contributed by atoms with Crippen molar-refractivity contribution in [2.45, 2.75) is 131 Å². The summed E-state index contributed by atoms with van der Waals surface area (Å²) in [6, 6.07) is 0. The quantitative estimate of drug-likeness (QED) is 0.290. The Morgan fingerprint density at radius 2 is 1.67 bits per heavy atom. The van der Waals surface area contributed by atoms with Crippen LogP contribution in [0.2, 0.25) is 18.1 Å². The molecule has 43 heavy (non-hydrogen) atoms. The Balaban J connectivity index is 1.44. The lowest BCUT2D eigenvalue weighted by atomic mass is 9.49. The van der Waals surface area contributed by atoms with Gasteiger partial charge in [-0.05, 0) is 67.0 Å². The topological polar surface area (TPSA) is 57.2 Å². The first kappa shape index (κ1) is 33.2. The van der Waals surface area contributed by atoms with Gasteiger partial charge in [0, 0.05) is 43.7 Å². The molecular weight excluding hydrogens is 554 g/mol. The van der Waals surface area contributed by atoms with Crippen LogP contribution in [0.3, 0.4) is 0 Å². The molecular formula is C36H61NO5Si. The van der Waals surface area contributed by atoms with Gasteiger partial charge in [-0.25, -0.2) is 4.79 Å². The van der Waals surface area contributed by atoms with Crippen molar-refractivity contribution in [1.82, 2.24) is 4.90 Å². The SMILES string of the molecule is CC(C1OCC(C)(C)CO1)[C@H]1CC[C@H]2C3=CC=C4CC(OC(=O)N(C)C)CC(O[Si](C)(C)C(C)(C)C)[C@]4(C)[C@H]3CC[C@]12C. The second kappa shape index (κ2) is 11.3. The molecule has 0 aromatic heterocycles. The normalized spacial score (nSPS) is 38.7. The Bertz CT molecular complexity index is 1130. The summed E-state index contributed by atoms with van der Waals surface area (Å²) in [6.07, 6.45) is 10.8. The zero-order valence-electron chi connectivity index (χ0n) is 29.3. The highest BCUT2D eigenvalue weighted by Crippen LogP contribution is 2.67. The molecule has 3 unspecified atom stereocenters. The fraction of sp³-hybridized carbons (Fsp3) is 0.861. The van der Waals surface area contributed by atoms with Crippen LogP contribution in [0.1, 0.15) is 93.9 Å². The van der Waals surface area contributed by atoms with Crippen LogP contribution in [-0.2, 0) is 18.6 Å². The molecule has 1 amide bonds. The summed E-state index contributed by atoms with van der Waals surface area (Å²) in [5.41, 5.74) is 3.31. The zero-order valence-corrected chi connectivity index (χ0v) is 30.3. The Morgan fingerprint density at radius 3 is 2.28 bits per heavy atom. The largest absolute Gasteiger partial charge is 0.446 e. The number of ether oxygens (including phenoxy) is 3. The van der Waals surface area contributed by atoms with Gasteiger partial charge in [-0.15, -0.1) is 0 Å². The van der Waals surface area contributed by atoms with E-state index in [-0.39, 0.29) is 45.9 Å². The highest BCUT2D eigenvalue weighted by atomic mass is 28.4. The van der Waals surface area contributed by atoms with Crippen molar-refractivity contribution in [3.63, 3.8) is 0 Å². The van der Waals surface area contributed by atoms with Crippen molar-refractivity contribution in [3.8, 4) is 0 Å². The first-order chi connectivity index (χ1) is 19.8. The predicted molar refractivity (Wildman–Crippen MR) is 175 cm³/mol. The number of amides is 1. The summed E-state index contributed by atoms with van der Waals surface area (Å²) in [6.45, 7) is 25.1.